The Bertz CT molecular complexity index is 708. The van der Waals surface area contributed by atoms with Crippen LogP contribution in [-0.4, -0.2) is 67.5 Å². The lowest BCUT2D eigenvalue weighted by molar-refractivity contribution is 0.0706. The van der Waals surface area contributed by atoms with Crippen molar-refractivity contribution < 1.29 is 13.2 Å². The third-order valence-electron chi connectivity index (χ3n) is 4.66. The van der Waals surface area contributed by atoms with Crippen molar-refractivity contribution in [2.24, 2.45) is 0 Å². The van der Waals surface area contributed by atoms with E-state index in [4.69, 9.17) is 11.6 Å². The number of sulfone groups is 1. The third kappa shape index (κ3) is 3.68. The summed E-state index contributed by atoms with van der Waals surface area (Å²) in [7, 11) is -3.11. The van der Waals surface area contributed by atoms with E-state index < -0.39 is 9.84 Å². The first-order chi connectivity index (χ1) is 11.4. The van der Waals surface area contributed by atoms with Gasteiger partial charge in [0.05, 0.1) is 17.5 Å². The molecule has 0 spiro atoms. The average Bonchev–Trinajstić information content (AvgIpc) is 2.85. The molecule has 2 aliphatic heterocycles. The molecule has 132 valence electrons. The molecule has 24 heavy (non-hydrogen) atoms. The highest BCUT2D eigenvalue weighted by Gasteiger charge is 2.47. The molecule has 2 heterocycles. The van der Waals surface area contributed by atoms with E-state index in [0.29, 0.717) is 23.8 Å². The highest BCUT2D eigenvalue weighted by atomic mass is 35.5. The topological polar surface area (TPSA) is 69.7 Å². The number of hydrogen-bond donors (Lipinski definition) is 1. The van der Waals surface area contributed by atoms with Crippen LogP contribution in [-0.2, 0) is 9.84 Å². The van der Waals surface area contributed by atoms with Gasteiger partial charge in [-0.3, -0.25) is 4.90 Å². The van der Waals surface area contributed by atoms with Crippen molar-refractivity contribution in [3.8, 4) is 0 Å². The van der Waals surface area contributed by atoms with Gasteiger partial charge < -0.3 is 10.2 Å². The van der Waals surface area contributed by atoms with Gasteiger partial charge in [-0.1, -0.05) is 18.5 Å². The molecule has 1 aromatic carbocycles. The molecule has 2 amide bonds. The average molecular weight is 372 g/mol. The second-order valence-electron chi connectivity index (χ2n) is 6.38. The fraction of sp³-hybridized carbons (Fsp3) is 0.562. The molecule has 2 saturated heterocycles. The maximum atomic E-state index is 12.6. The normalized spacial score (nSPS) is 26.2. The van der Waals surface area contributed by atoms with E-state index in [-0.39, 0.29) is 29.6 Å². The zero-order valence-electron chi connectivity index (χ0n) is 13.6. The van der Waals surface area contributed by atoms with Crippen molar-refractivity contribution in [2.45, 2.75) is 25.4 Å². The Hall–Kier alpha value is -1.31. The molecule has 8 heteroatoms. The molecule has 0 saturated carbocycles. The van der Waals surface area contributed by atoms with Crippen LogP contribution < -0.4 is 5.32 Å². The van der Waals surface area contributed by atoms with E-state index in [9.17, 15) is 13.2 Å². The Kier molecular flexibility index (Phi) is 5.03. The molecular weight excluding hydrogens is 350 g/mol. The van der Waals surface area contributed by atoms with E-state index in [0.717, 1.165) is 13.0 Å². The van der Waals surface area contributed by atoms with Crippen LogP contribution in [0.5, 0.6) is 0 Å². The monoisotopic (exact) mass is 371 g/mol. The molecule has 0 radical (unpaired) electrons. The van der Waals surface area contributed by atoms with Gasteiger partial charge in [0.25, 0.3) is 0 Å². The lowest BCUT2D eigenvalue weighted by atomic mass is 10.0. The number of anilines is 1. The van der Waals surface area contributed by atoms with Gasteiger partial charge in [0, 0.05) is 29.8 Å². The summed E-state index contributed by atoms with van der Waals surface area (Å²) in [6.07, 6.45) is 0.972. The minimum atomic E-state index is -3.11. The van der Waals surface area contributed by atoms with Gasteiger partial charge in [-0.05, 0) is 37.2 Å². The molecular formula is C16H22ClN3O3S. The second-order valence-corrected chi connectivity index (χ2v) is 8.97. The summed E-state index contributed by atoms with van der Waals surface area (Å²) in [5.74, 6) is 0.189. The minimum Gasteiger partial charge on any atom is -0.318 e. The molecule has 2 aliphatic rings. The van der Waals surface area contributed by atoms with Crippen LogP contribution in [0.3, 0.4) is 0 Å². The summed E-state index contributed by atoms with van der Waals surface area (Å²) in [6, 6.07) is 6.26. The smallest absolute Gasteiger partial charge is 0.318 e. The van der Waals surface area contributed by atoms with Crippen molar-refractivity contribution in [2.75, 3.05) is 36.5 Å². The molecule has 0 aliphatic carbocycles. The summed E-state index contributed by atoms with van der Waals surface area (Å²) in [5, 5.41) is 3.44. The highest BCUT2D eigenvalue weighted by molar-refractivity contribution is 7.91. The fourth-order valence-electron chi connectivity index (χ4n) is 3.57. The van der Waals surface area contributed by atoms with E-state index in [1.165, 1.54) is 0 Å². The Morgan fingerprint density at radius 1 is 1.21 bits per heavy atom. The van der Waals surface area contributed by atoms with Crippen LogP contribution in [0, 0.1) is 0 Å². The van der Waals surface area contributed by atoms with Gasteiger partial charge in [-0.15, -0.1) is 0 Å². The quantitative estimate of drug-likeness (QED) is 0.883. The molecule has 6 nitrogen and oxygen atoms in total. The molecule has 2 fully saturated rings. The maximum absolute atomic E-state index is 12.6. The first-order valence-corrected chi connectivity index (χ1v) is 10.4. The lowest BCUT2D eigenvalue weighted by Crippen LogP contribution is -2.61. The van der Waals surface area contributed by atoms with Crippen LogP contribution in [0.1, 0.15) is 13.3 Å². The minimum absolute atomic E-state index is 0.0475. The SMILES string of the molecule is CCCN1CCN(C(=O)Nc2ccc(Cl)cc2)C2CS(=O)(=O)CC21. The van der Waals surface area contributed by atoms with Gasteiger partial charge in [0.1, 0.15) is 0 Å². The fourth-order valence-corrected chi connectivity index (χ4v) is 5.71. The molecule has 1 aromatic rings. The number of benzene rings is 1. The van der Waals surface area contributed by atoms with Gasteiger partial charge in [-0.2, -0.15) is 0 Å². The lowest BCUT2D eigenvalue weighted by Gasteiger charge is -2.43. The van der Waals surface area contributed by atoms with Crippen LogP contribution in [0.2, 0.25) is 5.02 Å². The van der Waals surface area contributed by atoms with E-state index in [1.807, 2.05) is 0 Å². The summed E-state index contributed by atoms with van der Waals surface area (Å²) in [4.78, 5) is 16.5. The largest absolute Gasteiger partial charge is 0.322 e. The van der Waals surface area contributed by atoms with Crippen molar-refractivity contribution in [1.29, 1.82) is 0 Å². The zero-order valence-corrected chi connectivity index (χ0v) is 15.2. The van der Waals surface area contributed by atoms with E-state index >= 15 is 0 Å². The highest BCUT2D eigenvalue weighted by Crippen LogP contribution is 2.27. The van der Waals surface area contributed by atoms with Crippen LogP contribution >= 0.6 is 11.6 Å². The molecule has 2 unspecified atom stereocenters. The standard InChI is InChI=1S/C16H22ClN3O3S/c1-2-7-19-8-9-20(15-11-24(22,23)10-14(15)19)16(21)18-13-5-3-12(17)4-6-13/h3-6,14-15H,2,7-11H2,1H3,(H,18,21). The van der Waals surface area contributed by atoms with Crippen LogP contribution in [0.25, 0.3) is 0 Å². The third-order valence-corrected chi connectivity index (χ3v) is 6.61. The summed E-state index contributed by atoms with van der Waals surface area (Å²) in [5.41, 5.74) is 0.651. The molecule has 0 aromatic heterocycles. The number of hydrogen-bond acceptors (Lipinski definition) is 4. The van der Waals surface area contributed by atoms with Crippen molar-refractivity contribution in [3.05, 3.63) is 29.3 Å². The van der Waals surface area contributed by atoms with Crippen LogP contribution in [0.4, 0.5) is 10.5 Å². The number of carbonyl (C=O) groups is 1. The van der Waals surface area contributed by atoms with Gasteiger partial charge in [0.2, 0.25) is 0 Å². The van der Waals surface area contributed by atoms with Crippen molar-refractivity contribution in [1.82, 2.24) is 9.80 Å². The molecule has 2 atom stereocenters. The first-order valence-electron chi connectivity index (χ1n) is 8.17. The van der Waals surface area contributed by atoms with Crippen LogP contribution in [0.15, 0.2) is 24.3 Å². The summed E-state index contributed by atoms with van der Waals surface area (Å²) < 4.78 is 24.2. The summed E-state index contributed by atoms with van der Waals surface area (Å²) in [6.45, 7) is 4.19. The predicted octanol–water partition coefficient (Wildman–Crippen LogP) is 2.07. The second kappa shape index (κ2) is 6.90. The Morgan fingerprint density at radius 2 is 1.88 bits per heavy atom. The summed E-state index contributed by atoms with van der Waals surface area (Å²) >= 11 is 5.85. The number of carbonyl (C=O) groups excluding carboxylic acids is 1. The molecule has 1 N–H and O–H groups in total. The van der Waals surface area contributed by atoms with Crippen molar-refractivity contribution in [3.63, 3.8) is 0 Å². The number of halogens is 1. The molecule has 0 bridgehead atoms. The number of fused-ring (bicyclic) bond motifs is 1. The Balaban J connectivity index is 1.75. The number of rotatable bonds is 3. The predicted molar refractivity (Wildman–Crippen MR) is 95.3 cm³/mol. The number of amides is 2. The van der Waals surface area contributed by atoms with Gasteiger partial charge >= 0.3 is 6.03 Å². The van der Waals surface area contributed by atoms with Crippen molar-refractivity contribution >= 4 is 33.2 Å². The Labute approximate surface area is 147 Å². The maximum Gasteiger partial charge on any atom is 0.322 e. The number of nitrogens with one attached hydrogen (secondary N) is 1. The van der Waals surface area contributed by atoms with E-state index in [1.54, 1.807) is 29.2 Å². The zero-order chi connectivity index (χ0) is 17.3. The molecule has 3 rings (SSSR count). The van der Waals surface area contributed by atoms with Gasteiger partial charge in [0.15, 0.2) is 9.84 Å². The number of urea groups is 1. The first kappa shape index (κ1) is 17.5. The Morgan fingerprint density at radius 3 is 2.54 bits per heavy atom. The van der Waals surface area contributed by atoms with Gasteiger partial charge in [-0.25, -0.2) is 13.2 Å². The van der Waals surface area contributed by atoms with E-state index in [2.05, 4.69) is 17.1 Å². The number of piperazine rings is 1. The number of nitrogens with zero attached hydrogens (tertiary/aromatic N) is 2.